The predicted molar refractivity (Wildman–Crippen MR) is 76.6 cm³/mol. The highest BCUT2D eigenvalue weighted by Crippen LogP contribution is 2.13. The van der Waals surface area contributed by atoms with Crippen LogP contribution >= 0.6 is 15.9 Å². The van der Waals surface area contributed by atoms with Gasteiger partial charge in [0.15, 0.2) is 0 Å². The summed E-state index contributed by atoms with van der Waals surface area (Å²) in [5, 5.41) is 3.91. The van der Waals surface area contributed by atoms with Crippen LogP contribution in [0, 0.1) is 5.92 Å². The smallest absolute Gasteiger partial charge is 0.227 e. The number of hydrogen-bond acceptors (Lipinski definition) is 1. The Bertz CT molecular complexity index is 348. The molecule has 1 N–H and O–H groups in total. The Hall–Kier alpha value is -0.830. The molecule has 94 valence electrons. The molecule has 0 aliphatic carbocycles. The van der Waals surface area contributed by atoms with Crippen molar-refractivity contribution in [3.05, 3.63) is 29.8 Å². The Kier molecular flexibility index (Phi) is 6.27. The molecule has 2 nitrogen and oxygen atoms in total. The van der Waals surface area contributed by atoms with Gasteiger partial charge in [0, 0.05) is 16.9 Å². The molecule has 0 spiro atoms. The van der Waals surface area contributed by atoms with Crippen LogP contribution in [-0.4, -0.2) is 11.2 Å². The van der Waals surface area contributed by atoms with Crippen molar-refractivity contribution in [2.24, 2.45) is 5.92 Å². The summed E-state index contributed by atoms with van der Waals surface area (Å²) in [7, 11) is 0. The quantitative estimate of drug-likeness (QED) is 0.790. The van der Waals surface area contributed by atoms with E-state index in [4.69, 9.17) is 0 Å². The molecule has 0 aromatic heterocycles. The second-order valence-electron chi connectivity index (χ2n) is 4.31. The number of carbonyl (C=O) groups excluding carboxylic acids is 1. The minimum atomic E-state index is 0.0854. The molecule has 0 aliphatic rings. The molecule has 0 radical (unpaired) electrons. The number of amides is 1. The van der Waals surface area contributed by atoms with Gasteiger partial charge in [-0.2, -0.15) is 0 Å². The van der Waals surface area contributed by atoms with E-state index in [1.807, 2.05) is 19.1 Å². The summed E-state index contributed by atoms with van der Waals surface area (Å²) in [5.74, 6) is 0.197. The number of hydrogen-bond donors (Lipinski definition) is 1. The summed E-state index contributed by atoms with van der Waals surface area (Å²) in [6.07, 6.45) is 2.99. The fourth-order valence-electron chi connectivity index (χ4n) is 1.69. The van der Waals surface area contributed by atoms with Gasteiger partial charge >= 0.3 is 0 Å². The van der Waals surface area contributed by atoms with E-state index in [2.05, 4.69) is 40.3 Å². The van der Waals surface area contributed by atoms with Crippen molar-refractivity contribution in [2.45, 2.75) is 33.1 Å². The van der Waals surface area contributed by atoms with Crippen LogP contribution in [0.1, 0.15) is 32.3 Å². The van der Waals surface area contributed by atoms with E-state index in [0.29, 0.717) is 0 Å². The number of halogens is 1. The predicted octanol–water partition coefficient (Wildman–Crippen LogP) is 4.00. The third-order valence-electron chi connectivity index (χ3n) is 2.77. The standard InChI is InChI=1S/C14H20BrNO/c1-3-4-11(2)14(17)16-13-7-5-12(6-8-13)9-10-15/h5-8,11H,3-4,9-10H2,1-2H3,(H,16,17). The lowest BCUT2D eigenvalue weighted by Gasteiger charge is -2.11. The van der Waals surface area contributed by atoms with Crippen LogP contribution in [0.15, 0.2) is 24.3 Å². The molecule has 0 saturated heterocycles. The second-order valence-corrected chi connectivity index (χ2v) is 5.11. The molecule has 1 aromatic rings. The fourth-order valence-corrected chi connectivity index (χ4v) is 2.15. The molecule has 0 aliphatic heterocycles. The van der Waals surface area contributed by atoms with Gasteiger partial charge in [-0.15, -0.1) is 0 Å². The first-order valence-electron chi connectivity index (χ1n) is 6.13. The van der Waals surface area contributed by atoms with Crippen LogP contribution in [0.5, 0.6) is 0 Å². The summed E-state index contributed by atoms with van der Waals surface area (Å²) in [4.78, 5) is 11.8. The van der Waals surface area contributed by atoms with Gasteiger partial charge in [-0.25, -0.2) is 0 Å². The van der Waals surface area contributed by atoms with E-state index in [0.717, 1.165) is 30.3 Å². The number of carbonyl (C=O) groups is 1. The molecule has 0 heterocycles. The third-order valence-corrected chi connectivity index (χ3v) is 3.17. The van der Waals surface area contributed by atoms with Gasteiger partial charge in [0.1, 0.15) is 0 Å². The molecule has 1 atom stereocenters. The number of benzene rings is 1. The van der Waals surface area contributed by atoms with Gasteiger partial charge in [0.05, 0.1) is 0 Å². The number of anilines is 1. The van der Waals surface area contributed by atoms with Crippen molar-refractivity contribution < 1.29 is 4.79 Å². The van der Waals surface area contributed by atoms with Crippen molar-refractivity contribution >= 4 is 27.5 Å². The van der Waals surface area contributed by atoms with E-state index in [1.54, 1.807) is 0 Å². The summed E-state index contributed by atoms with van der Waals surface area (Å²) in [5.41, 5.74) is 2.16. The van der Waals surface area contributed by atoms with Crippen molar-refractivity contribution in [1.29, 1.82) is 0 Å². The highest BCUT2D eigenvalue weighted by molar-refractivity contribution is 9.09. The lowest BCUT2D eigenvalue weighted by Crippen LogP contribution is -2.20. The maximum Gasteiger partial charge on any atom is 0.227 e. The molecular formula is C14H20BrNO. The first-order chi connectivity index (χ1) is 8.17. The van der Waals surface area contributed by atoms with Crippen molar-refractivity contribution in [1.82, 2.24) is 0 Å². The zero-order chi connectivity index (χ0) is 12.7. The van der Waals surface area contributed by atoms with Crippen LogP contribution in [0.2, 0.25) is 0 Å². The Labute approximate surface area is 112 Å². The van der Waals surface area contributed by atoms with Crippen LogP contribution < -0.4 is 5.32 Å². The minimum absolute atomic E-state index is 0.0854. The summed E-state index contributed by atoms with van der Waals surface area (Å²) in [6, 6.07) is 8.05. The fraction of sp³-hybridized carbons (Fsp3) is 0.500. The number of nitrogens with one attached hydrogen (secondary N) is 1. The van der Waals surface area contributed by atoms with Crippen molar-refractivity contribution in [3.63, 3.8) is 0 Å². The highest BCUT2D eigenvalue weighted by Gasteiger charge is 2.11. The largest absolute Gasteiger partial charge is 0.326 e. The monoisotopic (exact) mass is 297 g/mol. The molecule has 3 heteroatoms. The first kappa shape index (κ1) is 14.2. The van der Waals surface area contributed by atoms with E-state index < -0.39 is 0 Å². The zero-order valence-corrected chi connectivity index (χ0v) is 12.1. The third kappa shape index (κ3) is 4.90. The maximum absolute atomic E-state index is 11.8. The summed E-state index contributed by atoms with van der Waals surface area (Å²) >= 11 is 3.41. The van der Waals surface area contributed by atoms with Crippen LogP contribution in [0.25, 0.3) is 0 Å². The Balaban J connectivity index is 2.53. The van der Waals surface area contributed by atoms with Gasteiger partial charge in [-0.1, -0.05) is 48.3 Å². The zero-order valence-electron chi connectivity index (χ0n) is 10.5. The minimum Gasteiger partial charge on any atom is -0.326 e. The number of aryl methyl sites for hydroxylation is 1. The molecule has 0 bridgehead atoms. The Morgan fingerprint density at radius 2 is 2.00 bits per heavy atom. The van der Waals surface area contributed by atoms with E-state index in [1.165, 1.54) is 5.56 Å². The van der Waals surface area contributed by atoms with E-state index >= 15 is 0 Å². The summed E-state index contributed by atoms with van der Waals surface area (Å²) in [6.45, 7) is 4.07. The maximum atomic E-state index is 11.8. The molecule has 1 rings (SSSR count). The average Bonchev–Trinajstić information content (AvgIpc) is 2.32. The topological polar surface area (TPSA) is 29.1 Å². The molecule has 0 fully saturated rings. The lowest BCUT2D eigenvalue weighted by molar-refractivity contribution is -0.119. The van der Waals surface area contributed by atoms with E-state index in [-0.39, 0.29) is 11.8 Å². The van der Waals surface area contributed by atoms with Gasteiger partial charge in [0.2, 0.25) is 5.91 Å². The molecule has 1 unspecified atom stereocenters. The second kappa shape index (κ2) is 7.49. The van der Waals surface area contributed by atoms with Crippen LogP contribution in [0.3, 0.4) is 0 Å². The van der Waals surface area contributed by atoms with Crippen molar-refractivity contribution in [3.8, 4) is 0 Å². The van der Waals surface area contributed by atoms with Crippen molar-refractivity contribution in [2.75, 3.05) is 10.6 Å². The Morgan fingerprint density at radius 1 is 1.35 bits per heavy atom. The molecule has 1 aromatic carbocycles. The van der Waals surface area contributed by atoms with Gasteiger partial charge in [0.25, 0.3) is 0 Å². The van der Waals surface area contributed by atoms with Gasteiger partial charge in [-0.05, 0) is 30.5 Å². The number of alkyl halides is 1. The Morgan fingerprint density at radius 3 is 2.53 bits per heavy atom. The molecule has 17 heavy (non-hydrogen) atoms. The molecule has 0 saturated carbocycles. The van der Waals surface area contributed by atoms with Crippen LogP contribution in [0.4, 0.5) is 5.69 Å². The average molecular weight is 298 g/mol. The molecular weight excluding hydrogens is 278 g/mol. The number of rotatable bonds is 6. The van der Waals surface area contributed by atoms with Gasteiger partial charge in [-0.3, -0.25) is 4.79 Å². The highest BCUT2D eigenvalue weighted by atomic mass is 79.9. The normalized spacial score (nSPS) is 12.2. The molecule has 1 amide bonds. The van der Waals surface area contributed by atoms with Crippen LogP contribution in [-0.2, 0) is 11.2 Å². The first-order valence-corrected chi connectivity index (χ1v) is 7.25. The lowest BCUT2D eigenvalue weighted by atomic mass is 10.1. The SMILES string of the molecule is CCCC(C)C(=O)Nc1ccc(CCBr)cc1. The van der Waals surface area contributed by atoms with Gasteiger partial charge < -0.3 is 5.32 Å². The summed E-state index contributed by atoms with van der Waals surface area (Å²) < 4.78 is 0. The van der Waals surface area contributed by atoms with E-state index in [9.17, 15) is 4.79 Å².